The van der Waals surface area contributed by atoms with Gasteiger partial charge in [0.05, 0.1) is 5.02 Å². The van der Waals surface area contributed by atoms with E-state index in [4.69, 9.17) is 11.6 Å². The van der Waals surface area contributed by atoms with E-state index in [0.717, 1.165) is 13.0 Å². The topological polar surface area (TPSA) is 49.3 Å². The van der Waals surface area contributed by atoms with Crippen LogP contribution in [0.25, 0.3) is 0 Å². The molecule has 1 amide bonds. The van der Waals surface area contributed by atoms with E-state index < -0.39 is 28.9 Å². The minimum atomic E-state index is -4.73. The number of carbonyl (C=O) groups is 1. The van der Waals surface area contributed by atoms with Gasteiger partial charge in [-0.25, -0.2) is 0 Å². The summed E-state index contributed by atoms with van der Waals surface area (Å²) < 4.78 is 38.8. The summed E-state index contributed by atoms with van der Waals surface area (Å²) in [6.45, 7) is 0.785. The second-order valence-corrected chi connectivity index (χ2v) is 4.30. The predicted molar refractivity (Wildman–Crippen MR) is 54.0 cm³/mol. The number of amides is 1. The van der Waals surface area contributed by atoms with Crippen molar-refractivity contribution in [1.29, 1.82) is 0 Å². The van der Waals surface area contributed by atoms with Crippen LogP contribution in [0.5, 0.6) is 5.75 Å². The number of fused-ring (bicyclic) bond motifs is 1. The van der Waals surface area contributed by atoms with Crippen LogP contribution in [-0.4, -0.2) is 17.2 Å². The Hall–Kier alpha value is -1.43. The van der Waals surface area contributed by atoms with Crippen LogP contribution in [0.3, 0.4) is 0 Å². The van der Waals surface area contributed by atoms with Crippen LogP contribution in [0, 0.1) is 0 Å². The molecule has 0 spiro atoms. The smallest absolute Gasteiger partial charge is 0.415 e. The van der Waals surface area contributed by atoms with Gasteiger partial charge in [0.15, 0.2) is 5.54 Å². The number of rotatable bonds is 0. The number of phenolic OH excluding ortho intramolecular Hbond substituents is 1. The quantitative estimate of drug-likeness (QED) is 0.757. The fraction of sp³-hybridized carbons (Fsp3) is 0.300. The van der Waals surface area contributed by atoms with E-state index >= 15 is 0 Å². The van der Waals surface area contributed by atoms with Crippen LogP contribution in [0.2, 0.25) is 5.02 Å². The number of halogens is 4. The molecule has 0 saturated carbocycles. The highest BCUT2D eigenvalue weighted by molar-refractivity contribution is 6.32. The SMILES string of the molecule is CC1(C(F)(F)F)NC(=O)c2ccc(Cl)c(O)c21. The fourth-order valence-electron chi connectivity index (χ4n) is 1.83. The van der Waals surface area contributed by atoms with Gasteiger partial charge in [0.2, 0.25) is 0 Å². The summed E-state index contributed by atoms with van der Waals surface area (Å²) in [4.78, 5) is 11.4. The molecular weight excluding hydrogens is 259 g/mol. The zero-order valence-corrected chi connectivity index (χ0v) is 9.28. The molecule has 1 heterocycles. The lowest BCUT2D eigenvalue weighted by atomic mass is 9.91. The lowest BCUT2D eigenvalue weighted by Gasteiger charge is -2.28. The van der Waals surface area contributed by atoms with Crippen LogP contribution in [0.15, 0.2) is 12.1 Å². The third kappa shape index (κ3) is 1.47. The van der Waals surface area contributed by atoms with E-state index in [9.17, 15) is 23.1 Å². The molecule has 1 aliphatic heterocycles. The first-order valence-electron chi connectivity index (χ1n) is 4.59. The van der Waals surface area contributed by atoms with Crippen molar-refractivity contribution in [3.63, 3.8) is 0 Å². The zero-order valence-electron chi connectivity index (χ0n) is 8.52. The highest BCUT2D eigenvalue weighted by Gasteiger charge is 2.59. The third-order valence-electron chi connectivity index (χ3n) is 2.80. The summed E-state index contributed by atoms with van der Waals surface area (Å²) >= 11 is 5.56. The average molecular weight is 266 g/mol. The molecule has 0 aliphatic carbocycles. The lowest BCUT2D eigenvalue weighted by molar-refractivity contribution is -0.190. The van der Waals surface area contributed by atoms with Gasteiger partial charge >= 0.3 is 6.18 Å². The third-order valence-corrected chi connectivity index (χ3v) is 3.11. The molecule has 2 rings (SSSR count). The molecule has 92 valence electrons. The number of hydrogen-bond donors (Lipinski definition) is 2. The van der Waals surface area contributed by atoms with Crippen LogP contribution >= 0.6 is 11.6 Å². The average Bonchev–Trinajstić information content (AvgIpc) is 2.45. The minimum Gasteiger partial charge on any atom is -0.506 e. The molecular formula is C10H7ClF3NO2. The Morgan fingerprint density at radius 3 is 2.53 bits per heavy atom. The van der Waals surface area contributed by atoms with Crippen molar-refractivity contribution in [2.24, 2.45) is 0 Å². The Kier molecular flexibility index (Phi) is 2.33. The van der Waals surface area contributed by atoms with Gasteiger partial charge in [-0.15, -0.1) is 0 Å². The molecule has 0 radical (unpaired) electrons. The first-order chi connectivity index (χ1) is 7.68. The van der Waals surface area contributed by atoms with Crippen LogP contribution in [0.1, 0.15) is 22.8 Å². The van der Waals surface area contributed by atoms with Gasteiger partial charge in [-0.1, -0.05) is 11.6 Å². The molecule has 1 atom stereocenters. The highest BCUT2D eigenvalue weighted by Crippen LogP contribution is 2.48. The van der Waals surface area contributed by atoms with Gasteiger partial charge in [-0.05, 0) is 19.1 Å². The number of nitrogens with one attached hydrogen (secondary N) is 1. The first-order valence-corrected chi connectivity index (χ1v) is 4.97. The van der Waals surface area contributed by atoms with Crippen molar-refractivity contribution in [2.45, 2.75) is 18.6 Å². The number of phenols is 1. The molecule has 17 heavy (non-hydrogen) atoms. The number of alkyl halides is 3. The summed E-state index contributed by atoms with van der Waals surface area (Å²) in [5, 5.41) is 11.2. The molecule has 7 heteroatoms. The first kappa shape index (κ1) is 12.0. The van der Waals surface area contributed by atoms with E-state index in [2.05, 4.69) is 0 Å². The minimum absolute atomic E-state index is 0.216. The Morgan fingerprint density at radius 1 is 1.41 bits per heavy atom. The molecule has 1 unspecified atom stereocenters. The van der Waals surface area contributed by atoms with E-state index in [0.29, 0.717) is 0 Å². The molecule has 3 nitrogen and oxygen atoms in total. The Labute approximate surface area is 99.2 Å². The van der Waals surface area contributed by atoms with Gasteiger partial charge in [-0.2, -0.15) is 13.2 Å². The molecule has 1 aromatic rings. The van der Waals surface area contributed by atoms with Gasteiger partial charge in [0.1, 0.15) is 5.75 Å². The molecule has 1 aliphatic rings. The van der Waals surface area contributed by atoms with Gasteiger partial charge < -0.3 is 10.4 Å². The molecule has 0 aromatic heterocycles. The summed E-state index contributed by atoms with van der Waals surface area (Å²) in [6.07, 6.45) is -4.73. The zero-order chi connectivity index (χ0) is 13.0. The second kappa shape index (κ2) is 3.29. The monoisotopic (exact) mass is 265 g/mol. The van der Waals surface area contributed by atoms with E-state index in [1.807, 2.05) is 5.32 Å². The molecule has 2 N–H and O–H groups in total. The van der Waals surface area contributed by atoms with E-state index in [1.165, 1.54) is 6.07 Å². The highest BCUT2D eigenvalue weighted by atomic mass is 35.5. The van der Waals surface area contributed by atoms with Crippen LogP contribution in [-0.2, 0) is 5.54 Å². The molecule has 0 fully saturated rings. The Balaban J connectivity index is 2.77. The largest absolute Gasteiger partial charge is 0.506 e. The maximum atomic E-state index is 12.9. The van der Waals surface area contributed by atoms with E-state index in [-0.39, 0.29) is 10.6 Å². The number of hydrogen-bond acceptors (Lipinski definition) is 2. The summed E-state index contributed by atoms with van der Waals surface area (Å²) in [5.74, 6) is -1.60. The maximum Gasteiger partial charge on any atom is 0.415 e. The van der Waals surface area contributed by atoms with Crippen molar-refractivity contribution >= 4 is 17.5 Å². The van der Waals surface area contributed by atoms with Crippen molar-refractivity contribution in [3.8, 4) is 5.75 Å². The van der Waals surface area contributed by atoms with Crippen molar-refractivity contribution in [3.05, 3.63) is 28.3 Å². The van der Waals surface area contributed by atoms with Gasteiger partial charge in [0.25, 0.3) is 5.91 Å². The van der Waals surface area contributed by atoms with Crippen molar-refractivity contribution in [1.82, 2.24) is 5.32 Å². The Bertz CT molecular complexity index is 515. The standard InChI is InChI=1S/C10H7ClF3NO2/c1-9(10(12,13)14)6-4(8(17)15-9)2-3-5(11)7(6)16/h2-3,16H,1H3,(H,15,17). The van der Waals surface area contributed by atoms with E-state index in [1.54, 1.807) is 0 Å². The van der Waals surface area contributed by atoms with Crippen molar-refractivity contribution in [2.75, 3.05) is 0 Å². The summed E-state index contributed by atoms with van der Waals surface area (Å²) in [7, 11) is 0. The number of carbonyl (C=O) groups excluding carboxylic acids is 1. The predicted octanol–water partition coefficient (Wildman–Crippen LogP) is 2.57. The second-order valence-electron chi connectivity index (χ2n) is 3.90. The van der Waals surface area contributed by atoms with Gasteiger partial charge in [-0.3, -0.25) is 4.79 Å². The normalized spacial score (nSPS) is 23.5. The molecule has 1 aromatic carbocycles. The lowest BCUT2D eigenvalue weighted by Crippen LogP contribution is -2.49. The fourth-order valence-corrected chi connectivity index (χ4v) is 1.99. The number of benzene rings is 1. The molecule has 0 saturated heterocycles. The molecule has 0 bridgehead atoms. The Morgan fingerprint density at radius 2 is 2.00 bits per heavy atom. The number of aromatic hydroxyl groups is 1. The maximum absolute atomic E-state index is 12.9. The summed E-state index contributed by atoms with van der Waals surface area (Å²) in [6, 6.07) is 2.33. The van der Waals surface area contributed by atoms with Crippen LogP contribution in [0.4, 0.5) is 13.2 Å². The summed E-state index contributed by atoms with van der Waals surface area (Å²) in [5.41, 5.74) is -3.36. The van der Waals surface area contributed by atoms with Crippen molar-refractivity contribution < 1.29 is 23.1 Å². The van der Waals surface area contributed by atoms with Gasteiger partial charge in [0, 0.05) is 11.1 Å². The van der Waals surface area contributed by atoms with Crippen LogP contribution < -0.4 is 5.32 Å².